The zero-order chi connectivity index (χ0) is 15.8. The van der Waals surface area contributed by atoms with Gasteiger partial charge in [-0.15, -0.1) is 0 Å². The Bertz CT molecular complexity index is 576. The molecule has 0 fully saturated rings. The summed E-state index contributed by atoms with van der Waals surface area (Å²) in [5.74, 6) is 1.31. The fourth-order valence-corrected chi connectivity index (χ4v) is 2.09. The summed E-state index contributed by atoms with van der Waals surface area (Å²) in [6, 6.07) is 17.9. The van der Waals surface area contributed by atoms with Gasteiger partial charge in [0.1, 0.15) is 12.4 Å². The normalized spacial score (nSPS) is 10.5. The van der Waals surface area contributed by atoms with E-state index in [-0.39, 0.29) is 5.91 Å². The van der Waals surface area contributed by atoms with Gasteiger partial charge in [-0.25, -0.2) is 0 Å². The molecule has 0 radical (unpaired) electrons. The lowest BCUT2D eigenvalue weighted by atomic mass is 10.1. The second-order valence-corrected chi connectivity index (χ2v) is 5.79. The summed E-state index contributed by atoms with van der Waals surface area (Å²) in [6.07, 6.45) is 0.568. The topological polar surface area (TPSA) is 38.3 Å². The first-order valence-corrected chi connectivity index (χ1v) is 7.66. The molecule has 0 aliphatic rings. The standard InChI is InChI=1S/C19H23NO2/c1-15(2)12-19(21)20-13-16-8-10-18(11-9-16)22-14-17-6-4-3-5-7-17/h3-11,15H,12-14H2,1-2H3,(H,20,21). The fraction of sp³-hybridized carbons (Fsp3) is 0.316. The highest BCUT2D eigenvalue weighted by Gasteiger charge is 2.04. The average Bonchev–Trinajstić information content (AvgIpc) is 2.52. The summed E-state index contributed by atoms with van der Waals surface area (Å²) in [7, 11) is 0. The van der Waals surface area contributed by atoms with Gasteiger partial charge in [0.05, 0.1) is 0 Å². The van der Waals surface area contributed by atoms with Crippen LogP contribution in [0.25, 0.3) is 0 Å². The number of carbonyl (C=O) groups is 1. The van der Waals surface area contributed by atoms with Gasteiger partial charge >= 0.3 is 0 Å². The first kappa shape index (κ1) is 16.1. The van der Waals surface area contributed by atoms with E-state index >= 15 is 0 Å². The van der Waals surface area contributed by atoms with Gasteiger partial charge < -0.3 is 10.1 Å². The van der Waals surface area contributed by atoms with Crippen molar-refractivity contribution in [3.05, 3.63) is 65.7 Å². The molecule has 2 rings (SSSR count). The summed E-state index contributed by atoms with van der Waals surface area (Å²) >= 11 is 0. The monoisotopic (exact) mass is 297 g/mol. The fourth-order valence-electron chi connectivity index (χ4n) is 2.09. The van der Waals surface area contributed by atoms with Crippen LogP contribution in [-0.4, -0.2) is 5.91 Å². The van der Waals surface area contributed by atoms with Crippen molar-refractivity contribution < 1.29 is 9.53 Å². The largest absolute Gasteiger partial charge is 0.489 e. The first-order chi connectivity index (χ1) is 10.6. The Morgan fingerprint density at radius 3 is 2.32 bits per heavy atom. The molecule has 0 aliphatic carbocycles. The van der Waals surface area contributed by atoms with Crippen LogP contribution < -0.4 is 10.1 Å². The summed E-state index contributed by atoms with van der Waals surface area (Å²) in [5.41, 5.74) is 2.22. The van der Waals surface area contributed by atoms with Crippen molar-refractivity contribution in [2.24, 2.45) is 5.92 Å². The quantitative estimate of drug-likeness (QED) is 0.841. The molecular weight excluding hydrogens is 274 g/mol. The Labute approximate surface area is 132 Å². The Hall–Kier alpha value is -2.29. The van der Waals surface area contributed by atoms with Gasteiger partial charge in [-0.2, -0.15) is 0 Å². The van der Waals surface area contributed by atoms with Crippen molar-refractivity contribution in [2.75, 3.05) is 0 Å². The number of amides is 1. The molecule has 1 amide bonds. The van der Waals surface area contributed by atoms with E-state index in [1.54, 1.807) is 0 Å². The number of hydrogen-bond acceptors (Lipinski definition) is 2. The van der Waals surface area contributed by atoms with Crippen LogP contribution in [0.2, 0.25) is 0 Å². The summed E-state index contributed by atoms with van der Waals surface area (Å²) in [5, 5.41) is 2.93. The second kappa shape index (κ2) is 8.23. The van der Waals surface area contributed by atoms with Crippen molar-refractivity contribution in [3.63, 3.8) is 0 Å². The minimum atomic E-state index is 0.0967. The lowest BCUT2D eigenvalue weighted by Crippen LogP contribution is -2.23. The molecule has 1 N–H and O–H groups in total. The maximum atomic E-state index is 11.6. The van der Waals surface area contributed by atoms with Gasteiger partial charge in [0.15, 0.2) is 0 Å². The minimum Gasteiger partial charge on any atom is -0.489 e. The van der Waals surface area contributed by atoms with Gasteiger partial charge in [-0.3, -0.25) is 4.79 Å². The third-order valence-electron chi connectivity index (χ3n) is 3.26. The summed E-state index contributed by atoms with van der Waals surface area (Å²) in [6.45, 7) is 5.20. The third kappa shape index (κ3) is 5.60. The van der Waals surface area contributed by atoms with Crippen molar-refractivity contribution in [3.8, 4) is 5.75 Å². The van der Waals surface area contributed by atoms with Crippen molar-refractivity contribution in [1.82, 2.24) is 5.32 Å². The number of rotatable bonds is 7. The lowest BCUT2D eigenvalue weighted by Gasteiger charge is -2.09. The van der Waals surface area contributed by atoms with Crippen molar-refractivity contribution in [2.45, 2.75) is 33.4 Å². The molecule has 0 atom stereocenters. The number of ether oxygens (including phenoxy) is 1. The van der Waals surface area contributed by atoms with E-state index in [0.717, 1.165) is 16.9 Å². The predicted molar refractivity (Wildman–Crippen MR) is 88.5 cm³/mol. The van der Waals surface area contributed by atoms with E-state index in [4.69, 9.17) is 4.74 Å². The van der Waals surface area contributed by atoms with E-state index in [0.29, 0.717) is 25.5 Å². The van der Waals surface area contributed by atoms with Crippen molar-refractivity contribution in [1.29, 1.82) is 0 Å². The van der Waals surface area contributed by atoms with Crippen LogP contribution in [0.1, 0.15) is 31.4 Å². The van der Waals surface area contributed by atoms with Crippen LogP contribution >= 0.6 is 0 Å². The molecule has 0 bridgehead atoms. The van der Waals surface area contributed by atoms with Crippen LogP contribution in [-0.2, 0) is 17.9 Å². The molecule has 0 saturated heterocycles. The van der Waals surface area contributed by atoms with Gasteiger partial charge in [0, 0.05) is 13.0 Å². The molecule has 0 unspecified atom stereocenters. The smallest absolute Gasteiger partial charge is 0.220 e. The highest BCUT2D eigenvalue weighted by Crippen LogP contribution is 2.14. The van der Waals surface area contributed by atoms with Crippen LogP contribution in [0.3, 0.4) is 0 Å². The Balaban J connectivity index is 1.79. The van der Waals surface area contributed by atoms with Crippen molar-refractivity contribution >= 4 is 5.91 Å². The Morgan fingerprint density at radius 2 is 1.68 bits per heavy atom. The van der Waals surface area contributed by atoms with Crippen LogP contribution in [0, 0.1) is 5.92 Å². The SMILES string of the molecule is CC(C)CC(=O)NCc1ccc(OCc2ccccc2)cc1. The van der Waals surface area contributed by atoms with E-state index in [1.807, 2.05) is 68.4 Å². The zero-order valence-corrected chi connectivity index (χ0v) is 13.2. The molecule has 3 heteroatoms. The molecule has 0 spiro atoms. The maximum absolute atomic E-state index is 11.6. The van der Waals surface area contributed by atoms with E-state index in [2.05, 4.69) is 5.32 Å². The van der Waals surface area contributed by atoms with E-state index < -0.39 is 0 Å². The highest BCUT2D eigenvalue weighted by molar-refractivity contribution is 5.76. The zero-order valence-electron chi connectivity index (χ0n) is 13.2. The molecule has 22 heavy (non-hydrogen) atoms. The number of benzene rings is 2. The maximum Gasteiger partial charge on any atom is 0.220 e. The summed E-state index contributed by atoms with van der Waals surface area (Å²) in [4.78, 5) is 11.6. The number of carbonyl (C=O) groups excluding carboxylic acids is 1. The average molecular weight is 297 g/mol. The summed E-state index contributed by atoms with van der Waals surface area (Å²) < 4.78 is 5.74. The molecule has 0 heterocycles. The number of nitrogens with one attached hydrogen (secondary N) is 1. The minimum absolute atomic E-state index is 0.0967. The van der Waals surface area contributed by atoms with Crippen LogP contribution in [0.5, 0.6) is 5.75 Å². The molecule has 0 saturated carbocycles. The number of hydrogen-bond donors (Lipinski definition) is 1. The third-order valence-corrected chi connectivity index (χ3v) is 3.26. The second-order valence-electron chi connectivity index (χ2n) is 5.79. The Morgan fingerprint density at radius 1 is 1.00 bits per heavy atom. The Kier molecular flexibility index (Phi) is 6.01. The van der Waals surface area contributed by atoms with Gasteiger partial charge in [-0.1, -0.05) is 56.3 Å². The molecule has 116 valence electrons. The predicted octanol–water partition coefficient (Wildman–Crippen LogP) is 3.93. The lowest BCUT2D eigenvalue weighted by molar-refractivity contribution is -0.121. The van der Waals surface area contributed by atoms with Gasteiger partial charge in [0.2, 0.25) is 5.91 Å². The van der Waals surface area contributed by atoms with Crippen LogP contribution in [0.4, 0.5) is 0 Å². The molecule has 0 aromatic heterocycles. The van der Waals surface area contributed by atoms with E-state index in [9.17, 15) is 4.79 Å². The molecule has 2 aromatic carbocycles. The van der Waals surface area contributed by atoms with E-state index in [1.165, 1.54) is 0 Å². The molecule has 0 aliphatic heterocycles. The highest BCUT2D eigenvalue weighted by atomic mass is 16.5. The van der Waals surface area contributed by atoms with Crippen LogP contribution in [0.15, 0.2) is 54.6 Å². The van der Waals surface area contributed by atoms with Gasteiger partial charge in [0.25, 0.3) is 0 Å². The first-order valence-electron chi connectivity index (χ1n) is 7.66. The molecular formula is C19H23NO2. The molecule has 3 nitrogen and oxygen atoms in total. The molecule has 2 aromatic rings. The van der Waals surface area contributed by atoms with Gasteiger partial charge in [-0.05, 0) is 29.2 Å².